The molecule has 0 N–H and O–H groups in total. The summed E-state index contributed by atoms with van der Waals surface area (Å²) < 4.78 is 11.0. The number of carbonyl (C=O) groups is 1. The Balaban J connectivity index is 1.61. The van der Waals surface area contributed by atoms with Crippen LogP contribution in [0.3, 0.4) is 0 Å². The molecular weight excluding hydrogens is 359 g/mol. The lowest BCUT2D eigenvalue weighted by molar-refractivity contribution is 0.0735. The molecule has 5 heteroatoms. The molecule has 0 aromatic heterocycles. The van der Waals surface area contributed by atoms with Gasteiger partial charge in [-0.25, -0.2) is 4.79 Å². The van der Waals surface area contributed by atoms with Crippen molar-refractivity contribution < 1.29 is 14.3 Å². The standard InChI is InChI=1S/C20H14Cl2O3/c21-15-6-11-18(19(22)12-15)20(23)25-17-9-7-16(8-10-17)24-13-14-4-2-1-3-5-14/h1-12H,13H2. The minimum atomic E-state index is -0.542. The van der Waals surface area contributed by atoms with Crippen LogP contribution in [0.15, 0.2) is 72.8 Å². The fourth-order valence-electron chi connectivity index (χ4n) is 2.16. The molecule has 0 radical (unpaired) electrons. The minimum Gasteiger partial charge on any atom is -0.489 e. The van der Waals surface area contributed by atoms with Gasteiger partial charge in [0, 0.05) is 5.02 Å². The van der Waals surface area contributed by atoms with E-state index in [1.165, 1.54) is 12.1 Å². The molecular formula is C20H14Cl2O3. The van der Waals surface area contributed by atoms with Crippen LogP contribution in [-0.4, -0.2) is 5.97 Å². The van der Waals surface area contributed by atoms with E-state index >= 15 is 0 Å². The average Bonchev–Trinajstić information content (AvgIpc) is 2.62. The van der Waals surface area contributed by atoms with E-state index in [2.05, 4.69) is 0 Å². The van der Waals surface area contributed by atoms with Gasteiger partial charge in [0.2, 0.25) is 0 Å². The molecule has 0 atom stereocenters. The Labute approximate surface area is 155 Å². The SMILES string of the molecule is O=C(Oc1ccc(OCc2ccccc2)cc1)c1ccc(Cl)cc1Cl. The van der Waals surface area contributed by atoms with Gasteiger partial charge in [-0.05, 0) is 48.0 Å². The fraction of sp³-hybridized carbons (Fsp3) is 0.0500. The van der Waals surface area contributed by atoms with Crippen molar-refractivity contribution >= 4 is 29.2 Å². The zero-order valence-corrected chi connectivity index (χ0v) is 14.6. The molecule has 25 heavy (non-hydrogen) atoms. The number of carbonyl (C=O) groups excluding carboxylic acids is 1. The van der Waals surface area contributed by atoms with Crippen LogP contribution in [0.4, 0.5) is 0 Å². The van der Waals surface area contributed by atoms with Gasteiger partial charge in [-0.2, -0.15) is 0 Å². The van der Waals surface area contributed by atoms with Crippen LogP contribution in [-0.2, 0) is 6.61 Å². The molecule has 0 unspecified atom stereocenters. The first kappa shape index (κ1) is 17.3. The third-order valence-electron chi connectivity index (χ3n) is 3.43. The molecule has 3 rings (SSSR count). The Morgan fingerprint density at radius 1 is 0.840 bits per heavy atom. The summed E-state index contributed by atoms with van der Waals surface area (Å²) >= 11 is 11.8. The van der Waals surface area contributed by atoms with Crippen molar-refractivity contribution in [3.05, 3.63) is 94.0 Å². The topological polar surface area (TPSA) is 35.5 Å². The van der Waals surface area contributed by atoms with Gasteiger partial charge in [0.25, 0.3) is 0 Å². The molecule has 0 aliphatic heterocycles. The third-order valence-corrected chi connectivity index (χ3v) is 3.98. The Morgan fingerprint density at radius 3 is 2.20 bits per heavy atom. The van der Waals surface area contributed by atoms with Crippen molar-refractivity contribution in [1.29, 1.82) is 0 Å². The van der Waals surface area contributed by atoms with E-state index in [-0.39, 0.29) is 10.6 Å². The van der Waals surface area contributed by atoms with Crippen molar-refractivity contribution in [1.82, 2.24) is 0 Å². The van der Waals surface area contributed by atoms with Gasteiger partial charge in [0.1, 0.15) is 18.1 Å². The molecule has 3 aromatic rings. The average molecular weight is 373 g/mol. The van der Waals surface area contributed by atoms with E-state index in [1.807, 2.05) is 30.3 Å². The molecule has 3 nitrogen and oxygen atoms in total. The van der Waals surface area contributed by atoms with Crippen LogP contribution in [0.5, 0.6) is 11.5 Å². The van der Waals surface area contributed by atoms with Gasteiger partial charge in [0.05, 0.1) is 10.6 Å². The second-order valence-corrected chi connectivity index (χ2v) is 6.10. The number of hydrogen-bond donors (Lipinski definition) is 0. The van der Waals surface area contributed by atoms with Crippen LogP contribution < -0.4 is 9.47 Å². The van der Waals surface area contributed by atoms with E-state index in [0.717, 1.165) is 5.56 Å². The molecule has 0 fully saturated rings. The van der Waals surface area contributed by atoms with Gasteiger partial charge in [-0.3, -0.25) is 0 Å². The van der Waals surface area contributed by atoms with Gasteiger partial charge in [-0.15, -0.1) is 0 Å². The van der Waals surface area contributed by atoms with E-state index < -0.39 is 5.97 Å². The Morgan fingerprint density at radius 2 is 1.52 bits per heavy atom. The molecule has 0 saturated heterocycles. The predicted molar refractivity (Wildman–Crippen MR) is 98.6 cm³/mol. The largest absolute Gasteiger partial charge is 0.489 e. The fourth-order valence-corrected chi connectivity index (χ4v) is 2.65. The van der Waals surface area contributed by atoms with Crippen LogP contribution in [0, 0.1) is 0 Å². The first-order valence-electron chi connectivity index (χ1n) is 7.56. The molecule has 0 bridgehead atoms. The lowest BCUT2D eigenvalue weighted by Gasteiger charge is -2.08. The number of ether oxygens (including phenoxy) is 2. The van der Waals surface area contributed by atoms with Crippen molar-refractivity contribution in [3.63, 3.8) is 0 Å². The summed E-state index contributed by atoms with van der Waals surface area (Å²) in [5, 5.41) is 0.710. The van der Waals surface area contributed by atoms with Crippen LogP contribution >= 0.6 is 23.2 Å². The summed E-state index contributed by atoms with van der Waals surface area (Å²) in [4.78, 5) is 12.2. The number of esters is 1. The second-order valence-electron chi connectivity index (χ2n) is 5.26. The quantitative estimate of drug-likeness (QED) is 0.419. The summed E-state index contributed by atoms with van der Waals surface area (Å²) in [6.45, 7) is 0.473. The summed E-state index contributed by atoms with van der Waals surface area (Å²) in [7, 11) is 0. The van der Waals surface area contributed by atoms with Gasteiger partial charge in [0.15, 0.2) is 0 Å². The van der Waals surface area contributed by atoms with Crippen molar-refractivity contribution in [3.8, 4) is 11.5 Å². The highest BCUT2D eigenvalue weighted by atomic mass is 35.5. The maximum Gasteiger partial charge on any atom is 0.345 e. The normalized spacial score (nSPS) is 10.3. The number of halogens is 2. The Hall–Kier alpha value is -2.49. The summed E-state index contributed by atoms with van der Waals surface area (Å²) in [6.07, 6.45) is 0. The first-order chi connectivity index (χ1) is 12.1. The lowest BCUT2D eigenvalue weighted by Crippen LogP contribution is -2.09. The maximum atomic E-state index is 12.2. The van der Waals surface area contributed by atoms with E-state index in [4.69, 9.17) is 32.7 Å². The smallest absolute Gasteiger partial charge is 0.345 e. The molecule has 0 aliphatic rings. The highest BCUT2D eigenvalue weighted by molar-refractivity contribution is 6.36. The number of rotatable bonds is 5. The Kier molecular flexibility index (Phi) is 5.59. The lowest BCUT2D eigenvalue weighted by atomic mass is 10.2. The minimum absolute atomic E-state index is 0.250. The van der Waals surface area contributed by atoms with Crippen molar-refractivity contribution in [2.45, 2.75) is 6.61 Å². The molecule has 0 heterocycles. The molecule has 126 valence electrons. The monoisotopic (exact) mass is 372 g/mol. The molecule has 0 spiro atoms. The zero-order chi connectivity index (χ0) is 17.6. The van der Waals surface area contributed by atoms with E-state index in [0.29, 0.717) is 23.1 Å². The van der Waals surface area contributed by atoms with Crippen molar-refractivity contribution in [2.24, 2.45) is 0 Å². The number of hydrogen-bond acceptors (Lipinski definition) is 3. The molecule has 3 aromatic carbocycles. The van der Waals surface area contributed by atoms with E-state index in [1.54, 1.807) is 30.3 Å². The molecule has 0 saturated carbocycles. The summed E-state index contributed by atoms with van der Waals surface area (Å²) in [5.41, 5.74) is 1.34. The van der Waals surface area contributed by atoms with Gasteiger partial charge < -0.3 is 9.47 Å². The molecule has 0 amide bonds. The Bertz CT molecular complexity index is 862. The highest BCUT2D eigenvalue weighted by Crippen LogP contribution is 2.24. The summed E-state index contributed by atoms with van der Waals surface area (Å²) in [5.74, 6) is 0.552. The number of benzene rings is 3. The third kappa shape index (κ3) is 4.75. The first-order valence-corrected chi connectivity index (χ1v) is 8.31. The van der Waals surface area contributed by atoms with Crippen LogP contribution in [0.25, 0.3) is 0 Å². The van der Waals surface area contributed by atoms with Gasteiger partial charge in [-0.1, -0.05) is 53.5 Å². The zero-order valence-electron chi connectivity index (χ0n) is 13.1. The predicted octanol–water partition coefficient (Wildman–Crippen LogP) is 5.79. The molecule has 0 aliphatic carbocycles. The van der Waals surface area contributed by atoms with Crippen molar-refractivity contribution in [2.75, 3.05) is 0 Å². The van der Waals surface area contributed by atoms with Crippen LogP contribution in [0.2, 0.25) is 10.0 Å². The maximum absolute atomic E-state index is 12.2. The second kappa shape index (κ2) is 8.06. The summed E-state index contributed by atoms with van der Waals surface area (Å²) in [6, 6.07) is 21.3. The highest BCUT2D eigenvalue weighted by Gasteiger charge is 2.13. The van der Waals surface area contributed by atoms with Gasteiger partial charge >= 0.3 is 5.97 Å². The van der Waals surface area contributed by atoms with E-state index in [9.17, 15) is 4.79 Å². The van der Waals surface area contributed by atoms with Crippen LogP contribution in [0.1, 0.15) is 15.9 Å².